The molecule has 0 aromatic heterocycles. The van der Waals surface area contributed by atoms with Gasteiger partial charge in [0.25, 0.3) is 0 Å². The van der Waals surface area contributed by atoms with Crippen LogP contribution in [-0.4, -0.2) is 7.11 Å². The van der Waals surface area contributed by atoms with Crippen LogP contribution in [-0.2, 0) is 4.74 Å². The summed E-state index contributed by atoms with van der Waals surface area (Å²) >= 11 is 0. The van der Waals surface area contributed by atoms with Crippen LogP contribution in [0.15, 0.2) is 48.5 Å². The van der Waals surface area contributed by atoms with Gasteiger partial charge >= 0.3 is 0 Å². The van der Waals surface area contributed by atoms with Crippen LogP contribution < -0.4 is 0 Å². The quantitative estimate of drug-likeness (QED) is 0.767. The standard InChI is InChI=1S/C15H15FO/c1-11(17-2)14-8-3-4-9-15(14)12-6-5-7-13(16)10-12/h3-11H,1-2H3. The first-order chi connectivity index (χ1) is 8.22. The number of methoxy groups -OCH3 is 1. The van der Waals surface area contributed by atoms with Crippen molar-refractivity contribution < 1.29 is 9.13 Å². The van der Waals surface area contributed by atoms with E-state index in [4.69, 9.17) is 4.74 Å². The molecule has 1 atom stereocenters. The minimum atomic E-state index is -0.220. The van der Waals surface area contributed by atoms with Crippen LogP contribution in [0.1, 0.15) is 18.6 Å². The van der Waals surface area contributed by atoms with Gasteiger partial charge in [-0.05, 0) is 35.7 Å². The Bertz CT molecular complexity index is 508. The molecule has 0 amide bonds. The summed E-state index contributed by atoms with van der Waals surface area (Å²) in [5.41, 5.74) is 2.96. The first-order valence-electron chi connectivity index (χ1n) is 5.60. The summed E-state index contributed by atoms with van der Waals surface area (Å²) in [7, 11) is 1.67. The molecule has 2 rings (SSSR count). The van der Waals surface area contributed by atoms with Crippen LogP contribution in [0, 0.1) is 5.82 Å². The molecule has 0 heterocycles. The van der Waals surface area contributed by atoms with Crippen molar-refractivity contribution in [2.75, 3.05) is 7.11 Å². The van der Waals surface area contributed by atoms with E-state index in [-0.39, 0.29) is 11.9 Å². The monoisotopic (exact) mass is 230 g/mol. The number of ether oxygens (including phenoxy) is 1. The lowest BCUT2D eigenvalue weighted by Gasteiger charge is -2.15. The molecule has 0 fully saturated rings. The van der Waals surface area contributed by atoms with Crippen molar-refractivity contribution >= 4 is 0 Å². The predicted octanol–water partition coefficient (Wildman–Crippen LogP) is 4.20. The second kappa shape index (κ2) is 5.11. The lowest BCUT2D eigenvalue weighted by atomic mass is 9.97. The number of benzene rings is 2. The molecule has 88 valence electrons. The van der Waals surface area contributed by atoms with Crippen LogP contribution >= 0.6 is 0 Å². The molecule has 0 saturated heterocycles. The second-order valence-corrected chi connectivity index (χ2v) is 3.98. The van der Waals surface area contributed by atoms with Gasteiger partial charge in [-0.1, -0.05) is 36.4 Å². The van der Waals surface area contributed by atoms with Crippen molar-refractivity contribution in [1.82, 2.24) is 0 Å². The topological polar surface area (TPSA) is 9.23 Å². The third kappa shape index (κ3) is 2.53. The molecule has 1 unspecified atom stereocenters. The average molecular weight is 230 g/mol. The Morgan fingerprint density at radius 1 is 1.06 bits per heavy atom. The smallest absolute Gasteiger partial charge is 0.123 e. The minimum Gasteiger partial charge on any atom is -0.377 e. The van der Waals surface area contributed by atoms with E-state index in [0.717, 1.165) is 16.7 Å². The lowest BCUT2D eigenvalue weighted by Crippen LogP contribution is -1.98. The van der Waals surface area contributed by atoms with Gasteiger partial charge in [0.05, 0.1) is 6.10 Å². The maximum absolute atomic E-state index is 13.2. The molecule has 0 saturated carbocycles. The molecule has 1 nitrogen and oxygen atoms in total. The Hall–Kier alpha value is -1.67. The van der Waals surface area contributed by atoms with Crippen molar-refractivity contribution in [2.24, 2.45) is 0 Å². The first kappa shape index (κ1) is 11.8. The van der Waals surface area contributed by atoms with E-state index in [1.54, 1.807) is 19.2 Å². The summed E-state index contributed by atoms with van der Waals surface area (Å²) in [6.45, 7) is 1.98. The maximum Gasteiger partial charge on any atom is 0.123 e. The summed E-state index contributed by atoms with van der Waals surface area (Å²) in [6.07, 6.45) is -0.00512. The zero-order chi connectivity index (χ0) is 12.3. The van der Waals surface area contributed by atoms with Crippen LogP contribution in [0.3, 0.4) is 0 Å². The van der Waals surface area contributed by atoms with Gasteiger partial charge in [-0.2, -0.15) is 0 Å². The Morgan fingerprint density at radius 2 is 1.82 bits per heavy atom. The number of rotatable bonds is 3. The van der Waals surface area contributed by atoms with Crippen LogP contribution in [0.25, 0.3) is 11.1 Å². The normalized spacial score (nSPS) is 12.4. The van der Waals surface area contributed by atoms with Gasteiger partial charge in [0, 0.05) is 7.11 Å². The Balaban J connectivity index is 2.52. The molecule has 2 aromatic carbocycles. The molecule has 2 aromatic rings. The summed E-state index contributed by atoms with van der Waals surface area (Å²) in [4.78, 5) is 0. The van der Waals surface area contributed by atoms with E-state index in [0.29, 0.717) is 0 Å². The average Bonchev–Trinajstić information content (AvgIpc) is 2.38. The third-order valence-corrected chi connectivity index (χ3v) is 2.89. The van der Waals surface area contributed by atoms with Gasteiger partial charge in [-0.15, -0.1) is 0 Å². The largest absolute Gasteiger partial charge is 0.377 e. The predicted molar refractivity (Wildman–Crippen MR) is 67.3 cm³/mol. The van der Waals surface area contributed by atoms with Crippen molar-refractivity contribution in [3.05, 3.63) is 59.9 Å². The van der Waals surface area contributed by atoms with E-state index in [1.165, 1.54) is 6.07 Å². The van der Waals surface area contributed by atoms with E-state index in [9.17, 15) is 4.39 Å². The van der Waals surface area contributed by atoms with E-state index in [2.05, 4.69) is 0 Å². The fourth-order valence-corrected chi connectivity index (χ4v) is 1.90. The van der Waals surface area contributed by atoms with Gasteiger partial charge in [-0.25, -0.2) is 4.39 Å². The Morgan fingerprint density at radius 3 is 2.53 bits per heavy atom. The molecule has 2 heteroatoms. The SMILES string of the molecule is COC(C)c1ccccc1-c1cccc(F)c1. The number of halogens is 1. The van der Waals surface area contributed by atoms with E-state index in [1.807, 2.05) is 37.3 Å². The highest BCUT2D eigenvalue weighted by atomic mass is 19.1. The van der Waals surface area contributed by atoms with Crippen molar-refractivity contribution in [1.29, 1.82) is 0 Å². The Kier molecular flexibility index (Phi) is 3.55. The summed E-state index contributed by atoms with van der Waals surface area (Å²) in [5.74, 6) is -0.220. The van der Waals surface area contributed by atoms with Crippen LogP contribution in [0.2, 0.25) is 0 Å². The zero-order valence-corrected chi connectivity index (χ0v) is 9.98. The maximum atomic E-state index is 13.2. The summed E-state index contributed by atoms with van der Waals surface area (Å²) in [6, 6.07) is 14.5. The third-order valence-electron chi connectivity index (χ3n) is 2.89. The van der Waals surface area contributed by atoms with Gasteiger partial charge in [0.15, 0.2) is 0 Å². The minimum absolute atomic E-state index is 0.00512. The summed E-state index contributed by atoms with van der Waals surface area (Å²) < 4.78 is 18.6. The van der Waals surface area contributed by atoms with E-state index >= 15 is 0 Å². The van der Waals surface area contributed by atoms with Crippen molar-refractivity contribution in [3.8, 4) is 11.1 Å². The molecular formula is C15H15FO. The molecule has 0 aliphatic rings. The lowest BCUT2D eigenvalue weighted by molar-refractivity contribution is 0.120. The van der Waals surface area contributed by atoms with Crippen LogP contribution in [0.5, 0.6) is 0 Å². The molecule has 0 bridgehead atoms. The van der Waals surface area contributed by atoms with Gasteiger partial charge in [0.1, 0.15) is 5.82 Å². The fraction of sp³-hybridized carbons (Fsp3) is 0.200. The van der Waals surface area contributed by atoms with Crippen LogP contribution in [0.4, 0.5) is 4.39 Å². The van der Waals surface area contributed by atoms with E-state index < -0.39 is 0 Å². The molecule has 0 radical (unpaired) electrons. The highest BCUT2D eigenvalue weighted by Crippen LogP contribution is 2.29. The van der Waals surface area contributed by atoms with Crippen molar-refractivity contribution in [3.63, 3.8) is 0 Å². The molecule has 0 spiro atoms. The zero-order valence-electron chi connectivity index (χ0n) is 9.98. The molecule has 0 aliphatic heterocycles. The van der Waals surface area contributed by atoms with Crippen molar-refractivity contribution in [2.45, 2.75) is 13.0 Å². The van der Waals surface area contributed by atoms with Gasteiger partial charge in [0.2, 0.25) is 0 Å². The first-order valence-corrected chi connectivity index (χ1v) is 5.60. The summed E-state index contributed by atoms with van der Waals surface area (Å²) in [5, 5.41) is 0. The van der Waals surface area contributed by atoms with Gasteiger partial charge < -0.3 is 4.74 Å². The van der Waals surface area contributed by atoms with Gasteiger partial charge in [-0.3, -0.25) is 0 Å². The fourth-order valence-electron chi connectivity index (χ4n) is 1.90. The highest BCUT2D eigenvalue weighted by Gasteiger charge is 2.10. The Labute approximate surface area is 101 Å². The molecule has 17 heavy (non-hydrogen) atoms. The number of hydrogen-bond acceptors (Lipinski definition) is 1. The highest BCUT2D eigenvalue weighted by molar-refractivity contribution is 5.67. The number of hydrogen-bond donors (Lipinski definition) is 0. The molecule has 0 N–H and O–H groups in total. The second-order valence-electron chi connectivity index (χ2n) is 3.98. The molecule has 0 aliphatic carbocycles. The molecular weight excluding hydrogens is 215 g/mol.